The van der Waals surface area contributed by atoms with Gasteiger partial charge in [-0.15, -0.1) is 0 Å². The second kappa shape index (κ2) is 7.51. The monoisotopic (exact) mass is 340 g/mol. The molecule has 0 bridgehead atoms. The minimum Gasteiger partial charge on any atom is -0.342 e. The van der Waals surface area contributed by atoms with E-state index < -0.39 is 0 Å². The van der Waals surface area contributed by atoms with Crippen molar-refractivity contribution in [3.8, 4) is 0 Å². The number of piperidine rings is 1. The van der Waals surface area contributed by atoms with Crippen molar-refractivity contribution < 1.29 is 4.79 Å². The number of amides is 1. The van der Waals surface area contributed by atoms with E-state index in [1.54, 1.807) is 0 Å². The number of rotatable bonds is 4. The van der Waals surface area contributed by atoms with Gasteiger partial charge in [-0.2, -0.15) is 0 Å². The van der Waals surface area contributed by atoms with Crippen molar-refractivity contribution in [3.63, 3.8) is 0 Å². The molecule has 1 aliphatic heterocycles. The summed E-state index contributed by atoms with van der Waals surface area (Å²) < 4.78 is 1.47. The van der Waals surface area contributed by atoms with Crippen molar-refractivity contribution in [3.05, 3.63) is 51.9 Å². The maximum Gasteiger partial charge on any atom is 0.255 e. The van der Waals surface area contributed by atoms with Gasteiger partial charge >= 0.3 is 0 Å². The smallest absolute Gasteiger partial charge is 0.255 e. The van der Waals surface area contributed by atoms with E-state index in [1.165, 1.54) is 17.1 Å². The molecule has 25 heavy (non-hydrogen) atoms. The van der Waals surface area contributed by atoms with E-state index in [4.69, 9.17) is 0 Å². The average molecular weight is 340 g/mol. The molecule has 1 N–H and O–H groups in total. The fraction of sp³-hybridized carbons (Fsp3) is 0.421. The van der Waals surface area contributed by atoms with Crippen molar-refractivity contribution >= 4 is 17.5 Å². The normalized spacial score (nSPS) is 14.4. The Hall–Kier alpha value is -2.63. The van der Waals surface area contributed by atoms with Crippen LogP contribution in [0.4, 0.5) is 11.6 Å². The molecule has 3 rings (SSSR count). The molecular weight excluding hydrogens is 316 g/mol. The molecule has 0 spiro atoms. The predicted molar refractivity (Wildman–Crippen MR) is 99.1 cm³/mol. The zero-order chi connectivity index (χ0) is 17.8. The Kier molecular flexibility index (Phi) is 5.16. The SMILES string of the molecule is Cc1ccc(NC(=O)Cn2c(N3CCCCC3)nc(C)cc2=O)cc1. The van der Waals surface area contributed by atoms with Crippen molar-refractivity contribution in [1.29, 1.82) is 0 Å². The Bertz CT molecular complexity index is 805. The molecule has 1 saturated heterocycles. The first-order chi connectivity index (χ1) is 12.0. The summed E-state index contributed by atoms with van der Waals surface area (Å²) >= 11 is 0. The summed E-state index contributed by atoms with van der Waals surface area (Å²) in [5.41, 5.74) is 2.35. The molecule has 1 aromatic carbocycles. The van der Waals surface area contributed by atoms with Crippen molar-refractivity contribution in [2.45, 2.75) is 39.7 Å². The number of carbonyl (C=O) groups excluding carboxylic acids is 1. The van der Waals surface area contributed by atoms with E-state index in [0.29, 0.717) is 11.6 Å². The molecule has 0 radical (unpaired) electrons. The Labute approximate surface area is 147 Å². The minimum absolute atomic E-state index is 0.0359. The quantitative estimate of drug-likeness (QED) is 0.928. The van der Waals surface area contributed by atoms with E-state index in [2.05, 4.69) is 15.2 Å². The molecule has 0 saturated carbocycles. The van der Waals surface area contributed by atoms with Crippen LogP contribution >= 0.6 is 0 Å². The number of aromatic nitrogens is 2. The molecule has 6 nitrogen and oxygen atoms in total. The maximum absolute atomic E-state index is 12.5. The molecule has 0 unspecified atom stereocenters. The summed E-state index contributed by atoms with van der Waals surface area (Å²) in [6, 6.07) is 9.07. The van der Waals surface area contributed by atoms with Gasteiger partial charge in [-0.3, -0.25) is 14.2 Å². The summed E-state index contributed by atoms with van der Waals surface area (Å²) in [6.07, 6.45) is 3.36. The van der Waals surface area contributed by atoms with Crippen LogP contribution in [0, 0.1) is 13.8 Å². The lowest BCUT2D eigenvalue weighted by atomic mass is 10.1. The molecule has 1 amide bonds. The van der Waals surface area contributed by atoms with Crippen molar-refractivity contribution in [1.82, 2.24) is 9.55 Å². The molecule has 1 aromatic heterocycles. The second-order valence-corrected chi connectivity index (χ2v) is 6.58. The van der Waals surface area contributed by atoms with Crippen molar-refractivity contribution in [2.75, 3.05) is 23.3 Å². The molecule has 6 heteroatoms. The predicted octanol–water partition coefficient (Wildman–Crippen LogP) is 2.49. The highest BCUT2D eigenvalue weighted by atomic mass is 16.2. The standard InChI is InChI=1S/C19H24N4O2/c1-14-6-8-16(9-7-14)21-17(24)13-23-18(25)12-15(2)20-19(23)22-10-4-3-5-11-22/h6-9,12H,3-5,10-11,13H2,1-2H3,(H,21,24). The summed E-state index contributed by atoms with van der Waals surface area (Å²) in [5.74, 6) is 0.374. The largest absolute Gasteiger partial charge is 0.342 e. The molecule has 132 valence electrons. The molecule has 1 fully saturated rings. The van der Waals surface area contributed by atoms with Gasteiger partial charge in [-0.1, -0.05) is 17.7 Å². The number of aryl methyl sites for hydroxylation is 2. The van der Waals surface area contributed by atoms with E-state index in [0.717, 1.165) is 37.2 Å². The van der Waals surface area contributed by atoms with Gasteiger partial charge in [0.1, 0.15) is 6.54 Å². The van der Waals surface area contributed by atoms with Gasteiger partial charge in [0.15, 0.2) is 0 Å². The number of anilines is 2. The number of hydrogen-bond donors (Lipinski definition) is 1. The summed E-state index contributed by atoms with van der Waals surface area (Å²) in [4.78, 5) is 31.5. The van der Waals surface area contributed by atoms with Crippen LogP contribution < -0.4 is 15.8 Å². The van der Waals surface area contributed by atoms with E-state index in [1.807, 2.05) is 38.1 Å². The Morgan fingerprint density at radius 3 is 2.48 bits per heavy atom. The van der Waals surface area contributed by atoms with Crippen LogP contribution in [0.15, 0.2) is 35.1 Å². The minimum atomic E-state index is -0.227. The lowest BCUT2D eigenvalue weighted by Gasteiger charge is -2.29. The van der Waals surface area contributed by atoms with Crippen LogP contribution in [0.5, 0.6) is 0 Å². The van der Waals surface area contributed by atoms with Crippen LogP contribution in [0.2, 0.25) is 0 Å². The summed E-state index contributed by atoms with van der Waals surface area (Å²) in [7, 11) is 0. The van der Waals surface area contributed by atoms with Crippen LogP contribution in [0.25, 0.3) is 0 Å². The first kappa shape index (κ1) is 17.2. The fourth-order valence-electron chi connectivity index (χ4n) is 3.07. The van der Waals surface area contributed by atoms with Gasteiger partial charge in [-0.05, 0) is 45.2 Å². The van der Waals surface area contributed by atoms with E-state index >= 15 is 0 Å². The maximum atomic E-state index is 12.5. The van der Waals surface area contributed by atoms with Gasteiger partial charge in [0.25, 0.3) is 5.56 Å². The third kappa shape index (κ3) is 4.26. The Morgan fingerprint density at radius 1 is 1.12 bits per heavy atom. The molecule has 1 aliphatic rings. The molecule has 2 aromatic rings. The number of nitrogens with one attached hydrogen (secondary N) is 1. The molecule has 2 heterocycles. The fourth-order valence-corrected chi connectivity index (χ4v) is 3.07. The highest BCUT2D eigenvalue weighted by Crippen LogP contribution is 2.17. The number of nitrogens with zero attached hydrogens (tertiary/aromatic N) is 3. The zero-order valence-corrected chi connectivity index (χ0v) is 14.8. The average Bonchev–Trinajstić information content (AvgIpc) is 2.60. The second-order valence-electron chi connectivity index (χ2n) is 6.58. The van der Waals surface area contributed by atoms with Gasteiger partial charge in [0.05, 0.1) is 0 Å². The van der Waals surface area contributed by atoms with Gasteiger partial charge < -0.3 is 10.2 Å². The third-order valence-corrected chi connectivity index (χ3v) is 4.39. The molecule has 0 aliphatic carbocycles. The number of hydrogen-bond acceptors (Lipinski definition) is 4. The third-order valence-electron chi connectivity index (χ3n) is 4.39. The first-order valence-corrected chi connectivity index (χ1v) is 8.73. The topological polar surface area (TPSA) is 67.2 Å². The van der Waals surface area contributed by atoms with Crippen LogP contribution in [0.1, 0.15) is 30.5 Å². The lowest BCUT2D eigenvalue weighted by Crippen LogP contribution is -2.38. The number of benzene rings is 1. The summed E-state index contributed by atoms with van der Waals surface area (Å²) in [5, 5.41) is 2.84. The van der Waals surface area contributed by atoms with E-state index in [-0.39, 0.29) is 18.0 Å². The lowest BCUT2D eigenvalue weighted by molar-refractivity contribution is -0.116. The molecular formula is C19H24N4O2. The summed E-state index contributed by atoms with van der Waals surface area (Å²) in [6.45, 7) is 5.51. The van der Waals surface area contributed by atoms with Crippen LogP contribution in [-0.2, 0) is 11.3 Å². The first-order valence-electron chi connectivity index (χ1n) is 8.73. The highest BCUT2D eigenvalue weighted by Gasteiger charge is 2.19. The van der Waals surface area contributed by atoms with Gasteiger partial charge in [-0.25, -0.2) is 4.98 Å². The Balaban J connectivity index is 1.82. The molecule has 0 atom stereocenters. The van der Waals surface area contributed by atoms with Crippen LogP contribution in [-0.4, -0.2) is 28.5 Å². The number of carbonyl (C=O) groups is 1. The van der Waals surface area contributed by atoms with Crippen molar-refractivity contribution in [2.24, 2.45) is 0 Å². The van der Waals surface area contributed by atoms with Gasteiger partial charge in [0, 0.05) is 30.5 Å². The Morgan fingerprint density at radius 2 is 1.80 bits per heavy atom. The zero-order valence-electron chi connectivity index (χ0n) is 14.8. The van der Waals surface area contributed by atoms with E-state index in [9.17, 15) is 9.59 Å². The highest BCUT2D eigenvalue weighted by molar-refractivity contribution is 5.90. The van der Waals surface area contributed by atoms with Crippen LogP contribution in [0.3, 0.4) is 0 Å². The van der Waals surface area contributed by atoms with Gasteiger partial charge in [0.2, 0.25) is 11.9 Å².